The smallest absolute Gasteiger partial charge is 0.341 e. The molecule has 0 bridgehead atoms. The molecule has 2 aliphatic heterocycles. The minimum atomic E-state index is -1.10. The Morgan fingerprint density at radius 3 is 2.36 bits per heavy atom. The van der Waals surface area contributed by atoms with Gasteiger partial charge in [0.1, 0.15) is 11.4 Å². The second kappa shape index (κ2) is 10.4. The summed E-state index contributed by atoms with van der Waals surface area (Å²) in [7, 11) is 2.04. The van der Waals surface area contributed by atoms with Crippen molar-refractivity contribution in [2.24, 2.45) is 16.8 Å². The lowest BCUT2D eigenvalue weighted by molar-refractivity contribution is -0.124. The molecule has 1 fully saturated rings. The highest BCUT2D eigenvalue weighted by molar-refractivity contribution is 6.01. The van der Waals surface area contributed by atoms with E-state index in [2.05, 4.69) is 46.1 Å². The summed E-state index contributed by atoms with van der Waals surface area (Å²) in [5.41, 5.74) is 3.94. The Kier molecular flexibility index (Phi) is 7.20. The molecule has 9 nitrogen and oxygen atoms in total. The third-order valence-corrected chi connectivity index (χ3v) is 8.06. The van der Waals surface area contributed by atoms with Gasteiger partial charge >= 0.3 is 5.97 Å². The van der Waals surface area contributed by atoms with Crippen LogP contribution in [0, 0.1) is 11.8 Å². The van der Waals surface area contributed by atoms with Crippen molar-refractivity contribution in [2.75, 3.05) is 11.9 Å². The number of carbonyl (C=O) groups excluding carboxylic acids is 1. The fourth-order valence-corrected chi connectivity index (χ4v) is 5.97. The standard InChI is InChI=1S/C30H38N6O3/c1-18(2)35(29(37)23-9-7-19(3)8-10-23)28-25(30(38)39)17-34(32-28)24-13-11-22(12-14-24)26-16-27-31-20(4)15-21(5)36(27)33(26)6/h11-19,23,26H,7-10H2,1-6H3,(H,38,39). The molecule has 1 aromatic carbocycles. The van der Waals surface area contributed by atoms with Crippen molar-refractivity contribution in [3.05, 3.63) is 65.3 Å². The van der Waals surface area contributed by atoms with Crippen LogP contribution in [-0.2, 0) is 4.79 Å². The van der Waals surface area contributed by atoms with Crippen LogP contribution in [0.3, 0.4) is 0 Å². The van der Waals surface area contributed by atoms with E-state index in [-0.39, 0.29) is 35.3 Å². The SMILES string of the molecule is CC1=CC(C)=NC2=CC(c3ccc(-n4cc(C(=O)O)c(N(C(=O)C5CCC(C)CC5)C(C)C)n4)cc3)N(C)N12. The van der Waals surface area contributed by atoms with Gasteiger partial charge in [-0.25, -0.2) is 19.5 Å². The lowest BCUT2D eigenvalue weighted by Gasteiger charge is -2.33. The highest BCUT2D eigenvalue weighted by atomic mass is 16.4. The number of nitrogens with zero attached hydrogens (tertiary/aromatic N) is 6. The summed E-state index contributed by atoms with van der Waals surface area (Å²) in [5.74, 6) is 0.514. The number of benzene rings is 1. The summed E-state index contributed by atoms with van der Waals surface area (Å²) in [5, 5.41) is 18.9. The Bertz CT molecular complexity index is 1360. The topological polar surface area (TPSA) is 94.3 Å². The van der Waals surface area contributed by atoms with E-state index < -0.39 is 5.97 Å². The zero-order valence-electron chi connectivity index (χ0n) is 23.6. The summed E-state index contributed by atoms with van der Waals surface area (Å²) >= 11 is 0. The van der Waals surface area contributed by atoms with Crippen LogP contribution in [0.15, 0.2) is 59.1 Å². The number of fused-ring (bicyclic) bond motifs is 1. The Balaban J connectivity index is 1.43. The zero-order valence-corrected chi connectivity index (χ0v) is 23.6. The van der Waals surface area contributed by atoms with Gasteiger partial charge < -0.3 is 5.11 Å². The molecule has 3 heterocycles. The molecule has 9 heteroatoms. The van der Waals surface area contributed by atoms with Gasteiger partial charge in [0, 0.05) is 36.6 Å². The number of aromatic nitrogens is 2. The summed E-state index contributed by atoms with van der Waals surface area (Å²) in [6.07, 6.45) is 9.40. The van der Waals surface area contributed by atoms with Gasteiger partial charge in [-0.15, -0.1) is 5.10 Å². The van der Waals surface area contributed by atoms with Crippen LogP contribution in [0.1, 0.15) is 82.3 Å². The van der Waals surface area contributed by atoms with Gasteiger partial charge in [0.25, 0.3) is 0 Å². The molecule has 0 spiro atoms. The number of rotatable bonds is 6. The molecule has 2 aromatic rings. The first kappa shape index (κ1) is 26.9. The Morgan fingerprint density at radius 1 is 1.08 bits per heavy atom. The van der Waals surface area contributed by atoms with Crippen LogP contribution >= 0.6 is 0 Å². The molecule has 1 aromatic heterocycles. The first-order chi connectivity index (χ1) is 18.5. The van der Waals surface area contributed by atoms with E-state index >= 15 is 0 Å². The molecule has 1 atom stereocenters. The monoisotopic (exact) mass is 530 g/mol. The zero-order chi connectivity index (χ0) is 28.0. The minimum Gasteiger partial charge on any atom is -0.477 e. The van der Waals surface area contributed by atoms with E-state index in [4.69, 9.17) is 0 Å². The molecule has 206 valence electrons. The predicted octanol–water partition coefficient (Wildman–Crippen LogP) is 5.56. The third kappa shape index (κ3) is 5.03. The van der Waals surface area contributed by atoms with E-state index in [0.29, 0.717) is 5.92 Å². The number of anilines is 1. The number of carbonyl (C=O) groups is 2. The van der Waals surface area contributed by atoms with E-state index in [1.54, 1.807) is 9.58 Å². The first-order valence-electron chi connectivity index (χ1n) is 13.8. The van der Waals surface area contributed by atoms with Crippen molar-refractivity contribution in [3.63, 3.8) is 0 Å². The molecule has 39 heavy (non-hydrogen) atoms. The molecule has 1 amide bonds. The maximum absolute atomic E-state index is 13.6. The highest BCUT2D eigenvalue weighted by Crippen LogP contribution is 2.37. The minimum absolute atomic E-state index is 0.0158. The van der Waals surface area contributed by atoms with Crippen molar-refractivity contribution >= 4 is 23.4 Å². The largest absolute Gasteiger partial charge is 0.477 e. The number of hydrogen-bond donors (Lipinski definition) is 1. The van der Waals surface area contributed by atoms with Gasteiger partial charge in [-0.1, -0.05) is 19.1 Å². The number of aromatic carboxylic acids is 1. The predicted molar refractivity (Wildman–Crippen MR) is 152 cm³/mol. The van der Waals surface area contributed by atoms with Crippen LogP contribution in [0.4, 0.5) is 5.82 Å². The molecule has 3 aliphatic rings. The van der Waals surface area contributed by atoms with Gasteiger partial charge in [-0.3, -0.25) is 14.7 Å². The first-order valence-corrected chi connectivity index (χ1v) is 13.8. The number of aliphatic imine (C=N–C) groups is 1. The van der Waals surface area contributed by atoms with Crippen LogP contribution in [0.2, 0.25) is 0 Å². The summed E-state index contributed by atoms with van der Waals surface area (Å²) < 4.78 is 1.56. The molecular formula is C30H38N6O3. The van der Waals surface area contributed by atoms with Crippen molar-refractivity contribution in [2.45, 2.75) is 72.4 Å². The van der Waals surface area contributed by atoms with E-state index in [9.17, 15) is 14.7 Å². The average molecular weight is 531 g/mol. The molecule has 0 radical (unpaired) electrons. The lowest BCUT2D eigenvalue weighted by atomic mass is 9.82. The number of amides is 1. The fourth-order valence-electron chi connectivity index (χ4n) is 5.97. The van der Waals surface area contributed by atoms with Crippen molar-refractivity contribution < 1.29 is 14.7 Å². The van der Waals surface area contributed by atoms with Gasteiger partial charge in [0.2, 0.25) is 5.91 Å². The molecule has 1 aliphatic carbocycles. The number of allylic oxidation sites excluding steroid dienone is 2. The number of hydrogen-bond acceptors (Lipinski definition) is 6. The maximum Gasteiger partial charge on any atom is 0.341 e. The van der Waals surface area contributed by atoms with Crippen molar-refractivity contribution in [3.8, 4) is 5.69 Å². The Hall–Kier alpha value is -3.72. The molecule has 5 rings (SSSR count). The third-order valence-electron chi connectivity index (χ3n) is 8.06. The van der Waals surface area contributed by atoms with E-state index in [1.165, 1.54) is 6.20 Å². The molecule has 1 saturated carbocycles. The second-order valence-corrected chi connectivity index (χ2v) is 11.4. The second-order valence-electron chi connectivity index (χ2n) is 11.4. The maximum atomic E-state index is 13.6. The van der Waals surface area contributed by atoms with Gasteiger partial charge in [-0.05, 0) is 89.1 Å². The molecular weight excluding hydrogens is 492 g/mol. The summed E-state index contributed by atoms with van der Waals surface area (Å²) in [6.45, 7) is 10.1. The lowest BCUT2D eigenvalue weighted by Crippen LogP contribution is -2.43. The van der Waals surface area contributed by atoms with Crippen LogP contribution in [0.5, 0.6) is 0 Å². The number of carboxylic acids is 1. The quantitative estimate of drug-likeness (QED) is 0.525. The summed E-state index contributed by atoms with van der Waals surface area (Å²) in [4.78, 5) is 32.1. The molecule has 1 N–H and O–H groups in total. The van der Waals surface area contributed by atoms with E-state index in [1.807, 2.05) is 52.1 Å². The number of carboxylic acid groups (broad SMARTS) is 1. The fraction of sp³-hybridized carbons (Fsp3) is 0.467. The van der Waals surface area contributed by atoms with Gasteiger partial charge in [0.05, 0.1) is 11.7 Å². The van der Waals surface area contributed by atoms with Crippen LogP contribution in [-0.4, -0.2) is 55.6 Å². The number of likely N-dealkylation sites (N-methyl/N-ethyl adjacent to an activating group) is 1. The van der Waals surface area contributed by atoms with Crippen LogP contribution < -0.4 is 4.90 Å². The van der Waals surface area contributed by atoms with Gasteiger partial charge in [-0.2, -0.15) is 0 Å². The Morgan fingerprint density at radius 2 is 1.74 bits per heavy atom. The highest BCUT2D eigenvalue weighted by Gasteiger charge is 2.35. The molecule has 1 unspecified atom stereocenters. The Labute approximate surface area is 230 Å². The van der Waals surface area contributed by atoms with E-state index in [0.717, 1.165) is 54.2 Å². The number of hydrazine groups is 1. The molecule has 0 saturated heterocycles. The normalized spacial score (nSPS) is 23.3. The van der Waals surface area contributed by atoms with Crippen LogP contribution in [0.25, 0.3) is 5.69 Å². The van der Waals surface area contributed by atoms with Crippen molar-refractivity contribution in [1.29, 1.82) is 0 Å². The van der Waals surface area contributed by atoms with Gasteiger partial charge in [0.15, 0.2) is 5.82 Å². The van der Waals surface area contributed by atoms with Crippen molar-refractivity contribution in [1.82, 2.24) is 19.8 Å². The average Bonchev–Trinajstić information content (AvgIpc) is 3.46. The summed E-state index contributed by atoms with van der Waals surface area (Å²) in [6, 6.07) is 7.72.